The first-order valence-electron chi connectivity index (χ1n) is 4.44. The van der Waals surface area contributed by atoms with Crippen molar-refractivity contribution in [3.63, 3.8) is 0 Å². The van der Waals surface area contributed by atoms with Crippen molar-refractivity contribution >= 4 is 18.0 Å². The number of hydrogen-bond donors (Lipinski definition) is 0. The zero-order valence-electron chi connectivity index (χ0n) is 8.36. The average Bonchev–Trinajstić information content (AvgIpc) is 2.52. The van der Waals surface area contributed by atoms with Crippen molar-refractivity contribution < 1.29 is 4.52 Å². The zero-order chi connectivity index (χ0) is 9.26. The molecule has 1 aromatic heterocycles. The normalized spacial score (nSPS) is 17.4. The molecule has 4 nitrogen and oxygen atoms in total. The third-order valence-electron chi connectivity index (χ3n) is 2.14. The van der Waals surface area contributed by atoms with E-state index in [0.29, 0.717) is 11.7 Å². The molecule has 0 radical (unpaired) electrons. The Balaban J connectivity index is 0.000000980. The van der Waals surface area contributed by atoms with E-state index in [1.165, 1.54) is 0 Å². The lowest BCUT2D eigenvalue weighted by atomic mass is 10.1. The van der Waals surface area contributed by atoms with Gasteiger partial charge in [-0.1, -0.05) is 11.2 Å². The fourth-order valence-corrected chi connectivity index (χ4v) is 1.48. The van der Waals surface area contributed by atoms with Gasteiger partial charge in [0.1, 0.15) is 0 Å². The van der Waals surface area contributed by atoms with Crippen molar-refractivity contribution in [3.05, 3.63) is 17.8 Å². The minimum Gasteiger partial charge on any atom is -0.334 e. The maximum absolute atomic E-state index is 5.10. The molecule has 14 heavy (non-hydrogen) atoms. The van der Waals surface area contributed by atoms with E-state index < -0.39 is 0 Å². The van der Waals surface area contributed by atoms with Crippen LogP contribution in [0.2, 0.25) is 0 Å². The van der Waals surface area contributed by atoms with Gasteiger partial charge in [-0.25, -0.2) is 0 Å². The van der Waals surface area contributed by atoms with Gasteiger partial charge in [-0.3, -0.25) is 0 Å². The molecule has 0 saturated heterocycles. The Morgan fingerprint density at radius 1 is 1.50 bits per heavy atom. The van der Waals surface area contributed by atoms with Crippen molar-refractivity contribution in [2.45, 2.75) is 13.3 Å². The largest absolute Gasteiger partial charge is 0.334 e. The summed E-state index contributed by atoms with van der Waals surface area (Å²) in [5.41, 5.74) is 1.15. The van der Waals surface area contributed by atoms with Gasteiger partial charge in [0.2, 0.25) is 0 Å². The van der Waals surface area contributed by atoms with Crippen LogP contribution in [-0.2, 0) is 0 Å². The molecule has 2 heterocycles. The summed E-state index contributed by atoms with van der Waals surface area (Å²) in [5, 5.41) is 3.77. The number of aryl methyl sites for hydroxylation is 1. The first-order chi connectivity index (χ1) is 6.25. The van der Waals surface area contributed by atoms with Crippen molar-refractivity contribution in [3.8, 4) is 0 Å². The van der Waals surface area contributed by atoms with Crippen LogP contribution in [0.25, 0.3) is 5.57 Å². The molecule has 0 bridgehead atoms. The second-order valence-electron chi connectivity index (χ2n) is 3.40. The minimum absolute atomic E-state index is 0. The highest BCUT2D eigenvalue weighted by Gasteiger charge is 2.14. The molecule has 0 fully saturated rings. The van der Waals surface area contributed by atoms with Gasteiger partial charge < -0.3 is 9.42 Å². The number of likely N-dealkylation sites (N-methyl/N-ethyl adjacent to an activating group) is 1. The third kappa shape index (κ3) is 2.33. The molecule has 0 spiro atoms. The lowest BCUT2D eigenvalue weighted by Crippen LogP contribution is -2.25. The molecule has 0 aliphatic carbocycles. The van der Waals surface area contributed by atoms with Gasteiger partial charge in [-0.05, 0) is 20.4 Å². The van der Waals surface area contributed by atoms with E-state index in [9.17, 15) is 0 Å². The van der Waals surface area contributed by atoms with Crippen LogP contribution in [-0.4, -0.2) is 35.2 Å². The van der Waals surface area contributed by atoms with Gasteiger partial charge in [0.25, 0.3) is 5.89 Å². The van der Waals surface area contributed by atoms with E-state index in [4.69, 9.17) is 4.52 Å². The van der Waals surface area contributed by atoms with E-state index >= 15 is 0 Å². The second kappa shape index (κ2) is 4.57. The second-order valence-corrected chi connectivity index (χ2v) is 3.40. The predicted molar refractivity (Wildman–Crippen MR) is 56.4 cm³/mol. The van der Waals surface area contributed by atoms with E-state index in [1.54, 1.807) is 0 Å². The smallest absolute Gasteiger partial charge is 0.254 e. The predicted octanol–water partition coefficient (Wildman–Crippen LogP) is 1.52. The maximum atomic E-state index is 5.10. The number of nitrogens with zero attached hydrogens (tertiary/aromatic N) is 3. The van der Waals surface area contributed by atoms with Gasteiger partial charge in [-0.15, -0.1) is 12.4 Å². The monoisotopic (exact) mass is 215 g/mol. The van der Waals surface area contributed by atoms with Gasteiger partial charge >= 0.3 is 0 Å². The Morgan fingerprint density at radius 3 is 2.86 bits per heavy atom. The fraction of sp³-hybridized carbons (Fsp3) is 0.556. The summed E-state index contributed by atoms with van der Waals surface area (Å²) in [6.07, 6.45) is 3.24. The Morgan fingerprint density at radius 2 is 2.29 bits per heavy atom. The topological polar surface area (TPSA) is 42.2 Å². The van der Waals surface area contributed by atoms with E-state index in [0.717, 1.165) is 25.1 Å². The Hall–Kier alpha value is -0.870. The number of rotatable bonds is 1. The molecule has 1 aliphatic heterocycles. The number of halogens is 1. The number of hydrogen-bond acceptors (Lipinski definition) is 4. The molecule has 2 rings (SSSR count). The molecule has 0 saturated carbocycles. The highest BCUT2D eigenvalue weighted by Crippen LogP contribution is 2.17. The Labute approximate surface area is 89.4 Å². The standard InChI is InChI=1S/C9H13N3O.ClH/c1-7-10-9(13-11-7)8-4-3-5-12(2)6-8;/h4H,3,5-6H2,1-2H3;1H. The van der Waals surface area contributed by atoms with Gasteiger partial charge in [-0.2, -0.15) is 4.98 Å². The van der Waals surface area contributed by atoms with Crippen LogP contribution in [0.5, 0.6) is 0 Å². The van der Waals surface area contributed by atoms with Crippen LogP contribution in [0.1, 0.15) is 18.1 Å². The number of aromatic nitrogens is 2. The molecule has 0 N–H and O–H groups in total. The summed E-state index contributed by atoms with van der Waals surface area (Å²) in [5.74, 6) is 1.37. The van der Waals surface area contributed by atoms with Gasteiger partial charge in [0.15, 0.2) is 5.82 Å². The SMILES string of the molecule is Cc1noc(C2=CCCN(C)C2)n1.Cl. The van der Waals surface area contributed by atoms with Crippen LogP contribution in [0.15, 0.2) is 10.6 Å². The van der Waals surface area contributed by atoms with Crippen LogP contribution in [0, 0.1) is 6.92 Å². The Bertz CT molecular complexity index is 335. The fourth-order valence-electron chi connectivity index (χ4n) is 1.48. The van der Waals surface area contributed by atoms with Crippen molar-refractivity contribution in [1.82, 2.24) is 15.0 Å². The van der Waals surface area contributed by atoms with Crippen LogP contribution < -0.4 is 0 Å². The van der Waals surface area contributed by atoms with E-state index in [-0.39, 0.29) is 12.4 Å². The van der Waals surface area contributed by atoms with Gasteiger partial charge in [0, 0.05) is 18.7 Å². The highest BCUT2D eigenvalue weighted by atomic mass is 35.5. The maximum Gasteiger partial charge on any atom is 0.254 e. The molecule has 78 valence electrons. The molecule has 1 aromatic rings. The van der Waals surface area contributed by atoms with Gasteiger partial charge in [0.05, 0.1) is 0 Å². The summed E-state index contributed by atoms with van der Waals surface area (Å²) in [6.45, 7) is 3.85. The first kappa shape index (κ1) is 11.2. The summed E-state index contributed by atoms with van der Waals surface area (Å²) >= 11 is 0. The highest BCUT2D eigenvalue weighted by molar-refractivity contribution is 5.85. The molecule has 0 atom stereocenters. The summed E-state index contributed by atoms with van der Waals surface area (Å²) in [7, 11) is 2.09. The third-order valence-corrected chi connectivity index (χ3v) is 2.14. The lowest BCUT2D eigenvalue weighted by molar-refractivity contribution is 0.356. The molecule has 5 heteroatoms. The first-order valence-corrected chi connectivity index (χ1v) is 4.44. The molecular weight excluding hydrogens is 202 g/mol. The van der Waals surface area contributed by atoms with E-state index in [2.05, 4.69) is 28.2 Å². The molecular formula is C9H14ClN3O. The Kier molecular flexibility index (Phi) is 3.66. The zero-order valence-corrected chi connectivity index (χ0v) is 9.17. The van der Waals surface area contributed by atoms with Crippen LogP contribution >= 0.6 is 12.4 Å². The quantitative estimate of drug-likeness (QED) is 0.713. The molecule has 0 amide bonds. The van der Waals surface area contributed by atoms with Crippen LogP contribution in [0.4, 0.5) is 0 Å². The summed E-state index contributed by atoms with van der Waals surface area (Å²) in [6, 6.07) is 0. The minimum atomic E-state index is 0. The molecule has 0 aromatic carbocycles. The molecule has 0 unspecified atom stereocenters. The van der Waals surface area contributed by atoms with Crippen molar-refractivity contribution in [2.75, 3.05) is 20.1 Å². The van der Waals surface area contributed by atoms with E-state index in [1.807, 2.05) is 6.92 Å². The summed E-state index contributed by atoms with van der Waals surface area (Å²) in [4.78, 5) is 6.44. The summed E-state index contributed by atoms with van der Waals surface area (Å²) < 4.78 is 5.10. The molecule has 1 aliphatic rings. The van der Waals surface area contributed by atoms with Crippen LogP contribution in [0.3, 0.4) is 0 Å². The van der Waals surface area contributed by atoms with Crippen molar-refractivity contribution in [2.24, 2.45) is 0 Å². The average molecular weight is 216 g/mol. The lowest BCUT2D eigenvalue weighted by Gasteiger charge is -2.20. The van der Waals surface area contributed by atoms with Crippen molar-refractivity contribution in [1.29, 1.82) is 0 Å².